The Morgan fingerprint density at radius 3 is 1.81 bits per heavy atom. The molecule has 6 heteroatoms. The Morgan fingerprint density at radius 2 is 1.44 bits per heavy atom. The zero-order chi connectivity index (χ0) is 12.0. The van der Waals surface area contributed by atoms with Crippen molar-refractivity contribution < 1.29 is 9.59 Å². The van der Waals surface area contributed by atoms with Gasteiger partial charge < -0.3 is 10.6 Å². The molecule has 0 bridgehead atoms. The van der Waals surface area contributed by atoms with Gasteiger partial charge in [0.2, 0.25) is 11.8 Å². The smallest absolute Gasteiger partial charge is 0.230 e. The van der Waals surface area contributed by atoms with Crippen LogP contribution in [0.3, 0.4) is 0 Å². The molecule has 2 atom stereocenters. The summed E-state index contributed by atoms with van der Waals surface area (Å²) in [6.07, 6.45) is 3.87. The largest absolute Gasteiger partial charge is 0.353 e. The third kappa shape index (κ3) is 4.82. The van der Waals surface area contributed by atoms with E-state index in [1.54, 1.807) is 0 Å². The van der Waals surface area contributed by atoms with Crippen LogP contribution in [0, 0.1) is 0 Å². The number of rotatable bonds is 4. The Balaban J connectivity index is 2.35. The second-order valence-electron chi connectivity index (χ2n) is 3.96. The predicted molar refractivity (Wildman–Crippen MR) is 69.9 cm³/mol. The SMILES string of the molecule is O=C(CBr)N[C@@H]1CCC[C@H](NC(=O)CBr)C1. The van der Waals surface area contributed by atoms with Gasteiger partial charge in [-0.15, -0.1) is 0 Å². The van der Waals surface area contributed by atoms with Crippen LogP contribution in [-0.2, 0) is 9.59 Å². The first-order valence-electron chi connectivity index (χ1n) is 5.36. The summed E-state index contributed by atoms with van der Waals surface area (Å²) in [6.45, 7) is 0. The van der Waals surface area contributed by atoms with Crippen molar-refractivity contribution in [1.82, 2.24) is 10.6 Å². The highest BCUT2D eigenvalue weighted by molar-refractivity contribution is 9.09. The van der Waals surface area contributed by atoms with Crippen molar-refractivity contribution in [3.05, 3.63) is 0 Å². The number of carbonyl (C=O) groups is 2. The fraction of sp³-hybridized carbons (Fsp3) is 0.800. The highest BCUT2D eigenvalue weighted by atomic mass is 79.9. The molecule has 1 fully saturated rings. The van der Waals surface area contributed by atoms with Gasteiger partial charge in [0.15, 0.2) is 0 Å². The first kappa shape index (κ1) is 14.0. The highest BCUT2D eigenvalue weighted by Crippen LogP contribution is 2.18. The summed E-state index contributed by atoms with van der Waals surface area (Å²) in [7, 11) is 0. The van der Waals surface area contributed by atoms with Gasteiger partial charge in [0.05, 0.1) is 10.7 Å². The van der Waals surface area contributed by atoms with E-state index in [1.165, 1.54) is 0 Å². The Bertz CT molecular complexity index is 237. The van der Waals surface area contributed by atoms with E-state index < -0.39 is 0 Å². The van der Waals surface area contributed by atoms with Gasteiger partial charge >= 0.3 is 0 Å². The summed E-state index contributed by atoms with van der Waals surface area (Å²) >= 11 is 6.24. The van der Waals surface area contributed by atoms with Crippen LogP contribution in [0.1, 0.15) is 25.7 Å². The first-order valence-corrected chi connectivity index (χ1v) is 7.60. The van der Waals surface area contributed by atoms with Crippen LogP contribution in [0.4, 0.5) is 0 Å². The van der Waals surface area contributed by atoms with Gasteiger partial charge in [-0.25, -0.2) is 0 Å². The van der Waals surface area contributed by atoms with E-state index in [0.717, 1.165) is 25.7 Å². The zero-order valence-corrected chi connectivity index (χ0v) is 12.1. The molecule has 0 aromatic heterocycles. The molecule has 1 saturated carbocycles. The van der Waals surface area contributed by atoms with Crippen LogP contribution in [0.25, 0.3) is 0 Å². The first-order chi connectivity index (χ1) is 7.65. The number of halogens is 2. The molecule has 0 aromatic rings. The van der Waals surface area contributed by atoms with Gasteiger partial charge in [0.1, 0.15) is 0 Å². The minimum Gasteiger partial charge on any atom is -0.353 e. The molecule has 4 nitrogen and oxygen atoms in total. The molecule has 1 aliphatic rings. The Morgan fingerprint density at radius 1 is 1.00 bits per heavy atom. The van der Waals surface area contributed by atoms with Crippen molar-refractivity contribution >= 4 is 43.7 Å². The number of hydrogen-bond acceptors (Lipinski definition) is 2. The molecular weight excluding hydrogens is 340 g/mol. The van der Waals surface area contributed by atoms with E-state index in [0.29, 0.717) is 10.7 Å². The van der Waals surface area contributed by atoms with Crippen LogP contribution in [0.15, 0.2) is 0 Å². The van der Waals surface area contributed by atoms with Crippen molar-refractivity contribution in [3.63, 3.8) is 0 Å². The number of nitrogens with one attached hydrogen (secondary N) is 2. The second kappa shape index (κ2) is 7.27. The lowest BCUT2D eigenvalue weighted by molar-refractivity contribution is -0.119. The number of alkyl halides is 2. The summed E-state index contributed by atoms with van der Waals surface area (Å²) in [6, 6.07) is 0.388. The average Bonchev–Trinajstić information content (AvgIpc) is 2.29. The Kier molecular flexibility index (Phi) is 6.34. The van der Waals surface area contributed by atoms with E-state index in [4.69, 9.17) is 0 Å². The summed E-state index contributed by atoms with van der Waals surface area (Å²) in [4.78, 5) is 22.4. The van der Waals surface area contributed by atoms with Crippen LogP contribution < -0.4 is 10.6 Å². The van der Waals surface area contributed by atoms with Gasteiger partial charge in [0.25, 0.3) is 0 Å². The maximum absolute atomic E-state index is 11.2. The standard InChI is InChI=1S/C10H16Br2N2O2/c11-5-9(15)13-7-2-1-3-8(4-7)14-10(16)6-12/h7-8H,1-6H2,(H,13,15)(H,14,16)/t7-,8+. The quantitative estimate of drug-likeness (QED) is 0.747. The van der Waals surface area contributed by atoms with Gasteiger partial charge in [-0.05, 0) is 25.7 Å². The van der Waals surface area contributed by atoms with E-state index in [1.807, 2.05) is 0 Å². The number of hydrogen-bond donors (Lipinski definition) is 2. The minimum atomic E-state index is 0.0115. The molecule has 0 aliphatic heterocycles. The van der Waals surface area contributed by atoms with Crippen LogP contribution in [0.5, 0.6) is 0 Å². The summed E-state index contributed by atoms with van der Waals surface area (Å²) in [5.74, 6) is 0.0231. The van der Waals surface area contributed by atoms with Crippen LogP contribution in [0.2, 0.25) is 0 Å². The molecule has 0 saturated heterocycles. The second-order valence-corrected chi connectivity index (χ2v) is 5.08. The van der Waals surface area contributed by atoms with E-state index in [-0.39, 0.29) is 23.9 Å². The van der Waals surface area contributed by atoms with E-state index in [2.05, 4.69) is 42.5 Å². The lowest BCUT2D eigenvalue weighted by Crippen LogP contribution is -2.46. The molecule has 1 aliphatic carbocycles. The molecule has 0 radical (unpaired) electrons. The lowest BCUT2D eigenvalue weighted by Gasteiger charge is -2.30. The summed E-state index contributed by atoms with van der Waals surface area (Å²) < 4.78 is 0. The van der Waals surface area contributed by atoms with Gasteiger partial charge in [-0.3, -0.25) is 9.59 Å². The van der Waals surface area contributed by atoms with Gasteiger partial charge in [-0.2, -0.15) is 0 Å². The maximum atomic E-state index is 11.2. The molecule has 92 valence electrons. The fourth-order valence-electron chi connectivity index (χ4n) is 1.98. The molecular formula is C10H16Br2N2O2. The average molecular weight is 356 g/mol. The highest BCUT2D eigenvalue weighted by Gasteiger charge is 2.23. The Hall–Kier alpha value is -0.100. The third-order valence-electron chi connectivity index (χ3n) is 2.65. The maximum Gasteiger partial charge on any atom is 0.230 e. The predicted octanol–water partition coefficient (Wildman–Crippen LogP) is 1.32. The van der Waals surface area contributed by atoms with E-state index in [9.17, 15) is 9.59 Å². The molecule has 0 unspecified atom stereocenters. The third-order valence-corrected chi connectivity index (χ3v) is 3.67. The lowest BCUT2D eigenvalue weighted by atomic mass is 9.91. The molecule has 0 heterocycles. The van der Waals surface area contributed by atoms with Gasteiger partial charge in [0, 0.05) is 12.1 Å². The van der Waals surface area contributed by atoms with Crippen molar-refractivity contribution in [3.8, 4) is 0 Å². The number of amides is 2. The molecule has 0 aromatic carbocycles. The molecule has 16 heavy (non-hydrogen) atoms. The van der Waals surface area contributed by atoms with Crippen molar-refractivity contribution in [2.75, 3.05) is 10.7 Å². The topological polar surface area (TPSA) is 58.2 Å². The van der Waals surface area contributed by atoms with Crippen molar-refractivity contribution in [1.29, 1.82) is 0 Å². The fourth-order valence-corrected chi connectivity index (χ4v) is 2.31. The molecule has 2 N–H and O–H groups in total. The Labute approximate surface area is 112 Å². The van der Waals surface area contributed by atoms with E-state index >= 15 is 0 Å². The van der Waals surface area contributed by atoms with Crippen LogP contribution >= 0.6 is 31.9 Å². The minimum absolute atomic E-state index is 0.0115. The summed E-state index contributed by atoms with van der Waals surface area (Å²) in [5.41, 5.74) is 0. The van der Waals surface area contributed by atoms with Gasteiger partial charge in [-0.1, -0.05) is 31.9 Å². The van der Waals surface area contributed by atoms with Crippen molar-refractivity contribution in [2.24, 2.45) is 0 Å². The molecule has 1 rings (SSSR count). The zero-order valence-electron chi connectivity index (χ0n) is 8.97. The monoisotopic (exact) mass is 354 g/mol. The van der Waals surface area contributed by atoms with Crippen molar-refractivity contribution in [2.45, 2.75) is 37.8 Å². The summed E-state index contributed by atoms with van der Waals surface area (Å²) in [5, 5.41) is 6.55. The number of carbonyl (C=O) groups excluding carboxylic acids is 2. The molecule has 2 amide bonds. The molecule has 0 spiro atoms. The van der Waals surface area contributed by atoms with Crippen LogP contribution in [-0.4, -0.2) is 34.6 Å². The normalized spacial score (nSPS) is 24.9.